The van der Waals surface area contributed by atoms with Crippen molar-refractivity contribution in [3.8, 4) is 23.0 Å². The Morgan fingerprint density at radius 3 is 2.08 bits per heavy atom. The van der Waals surface area contributed by atoms with Crippen molar-refractivity contribution in [3.63, 3.8) is 0 Å². The standard InChI is InChI=1S/C47H44N4O.Pt/c1-45(2,3)33-18-21-42-40(26-33)39-20-19-37(29-43(39)51(42)44-27-34(22-23-48-44)47(7,8)32-15-10-9-11-16-32)52-38-25-35(46(4,5)6)24-36(28-38)50-30-31-14-12-13-17-41(31)49-50;/h9-27,30H,1-8H3;/q-2;+2. The van der Waals surface area contributed by atoms with Crippen molar-refractivity contribution in [1.82, 2.24) is 19.3 Å². The Labute approximate surface area is 326 Å². The molecule has 0 unspecified atom stereocenters. The SMILES string of the molecule is CC(C)(C)c1cc(Oc2[c-]c3c(cc2)c2cc(C(C)(C)C)ccc2n3-c2cc(C(C)(C)c3ccccc3)ccn2)[c-]c(-n2cc3ccccc3n2)c1.[Pt+2]. The Morgan fingerprint density at radius 2 is 1.34 bits per heavy atom. The van der Waals surface area contributed by atoms with Crippen LogP contribution < -0.4 is 4.74 Å². The maximum atomic E-state index is 6.67. The molecule has 0 amide bonds. The summed E-state index contributed by atoms with van der Waals surface area (Å²) in [7, 11) is 0. The summed E-state index contributed by atoms with van der Waals surface area (Å²) in [6, 6.07) is 45.5. The molecule has 0 aliphatic heterocycles. The average Bonchev–Trinajstić information content (AvgIpc) is 3.70. The first-order valence-electron chi connectivity index (χ1n) is 18.0. The summed E-state index contributed by atoms with van der Waals surface area (Å²) in [6.07, 6.45) is 3.96. The minimum absolute atomic E-state index is 0. The Morgan fingerprint density at radius 1 is 0.604 bits per heavy atom. The van der Waals surface area contributed by atoms with Crippen LogP contribution in [0.1, 0.15) is 77.6 Å². The first kappa shape index (κ1) is 36.4. The van der Waals surface area contributed by atoms with Gasteiger partial charge in [0.1, 0.15) is 5.82 Å². The molecular weight excluding hydrogens is 832 g/mol. The van der Waals surface area contributed by atoms with E-state index < -0.39 is 0 Å². The monoisotopic (exact) mass is 875 g/mol. The number of rotatable bonds is 6. The number of hydrogen-bond acceptors (Lipinski definition) is 3. The molecule has 0 fully saturated rings. The summed E-state index contributed by atoms with van der Waals surface area (Å²) in [5.74, 6) is 2.06. The van der Waals surface area contributed by atoms with E-state index in [9.17, 15) is 0 Å². The molecule has 0 saturated carbocycles. The van der Waals surface area contributed by atoms with Gasteiger partial charge in [-0.05, 0) is 62.9 Å². The first-order valence-corrected chi connectivity index (χ1v) is 18.0. The Hall–Kier alpha value is -4.99. The fourth-order valence-corrected chi connectivity index (χ4v) is 6.99. The third-order valence-corrected chi connectivity index (χ3v) is 10.3. The van der Waals surface area contributed by atoms with E-state index in [-0.39, 0.29) is 37.3 Å². The van der Waals surface area contributed by atoms with E-state index in [1.807, 2.05) is 41.3 Å². The van der Waals surface area contributed by atoms with E-state index in [1.54, 1.807) is 0 Å². The van der Waals surface area contributed by atoms with Gasteiger partial charge in [0.25, 0.3) is 0 Å². The number of fused-ring (bicyclic) bond motifs is 4. The molecule has 6 heteroatoms. The molecule has 0 bridgehead atoms. The van der Waals surface area contributed by atoms with Gasteiger partial charge in [-0.2, -0.15) is 11.2 Å². The number of ether oxygens (including phenoxy) is 1. The molecule has 8 aromatic rings. The largest absolute Gasteiger partial charge is 2.00 e. The van der Waals surface area contributed by atoms with Gasteiger partial charge in [0.15, 0.2) is 0 Å². The van der Waals surface area contributed by atoms with Crippen LogP contribution in [-0.2, 0) is 37.3 Å². The van der Waals surface area contributed by atoms with Crippen molar-refractivity contribution in [2.75, 3.05) is 0 Å². The third-order valence-electron chi connectivity index (χ3n) is 10.3. The minimum atomic E-state index is -0.221. The normalized spacial score (nSPS) is 12.4. The fourth-order valence-electron chi connectivity index (χ4n) is 6.99. The quantitative estimate of drug-likeness (QED) is 0.156. The molecule has 5 nitrogen and oxygen atoms in total. The molecular formula is C47H44N4OPt. The molecule has 5 aromatic carbocycles. The van der Waals surface area contributed by atoms with Crippen molar-refractivity contribution in [3.05, 3.63) is 156 Å². The van der Waals surface area contributed by atoms with E-state index in [1.165, 1.54) is 16.7 Å². The second-order valence-corrected chi connectivity index (χ2v) is 16.4. The van der Waals surface area contributed by atoms with Crippen LogP contribution in [0.3, 0.4) is 0 Å². The Bertz CT molecular complexity index is 2570. The van der Waals surface area contributed by atoms with Crippen LogP contribution in [0, 0.1) is 12.1 Å². The van der Waals surface area contributed by atoms with Crippen LogP contribution in [0.15, 0.2) is 122 Å². The van der Waals surface area contributed by atoms with E-state index in [0.717, 1.165) is 49.8 Å². The topological polar surface area (TPSA) is 44.9 Å². The number of benzene rings is 5. The van der Waals surface area contributed by atoms with Gasteiger partial charge < -0.3 is 9.30 Å². The molecule has 0 atom stereocenters. The molecule has 3 aromatic heterocycles. The fraction of sp³-hybridized carbons (Fsp3) is 0.234. The average molecular weight is 876 g/mol. The van der Waals surface area contributed by atoms with Crippen LogP contribution in [0.4, 0.5) is 0 Å². The number of hydrogen-bond donors (Lipinski definition) is 0. The molecule has 8 rings (SSSR count). The molecule has 3 heterocycles. The summed E-state index contributed by atoms with van der Waals surface area (Å²) in [6.45, 7) is 17.9. The van der Waals surface area contributed by atoms with Gasteiger partial charge in [0, 0.05) is 40.2 Å². The van der Waals surface area contributed by atoms with Crippen LogP contribution in [-0.4, -0.2) is 19.3 Å². The summed E-state index contributed by atoms with van der Waals surface area (Å²) >= 11 is 0. The zero-order chi connectivity index (χ0) is 36.4. The molecule has 0 aliphatic carbocycles. The van der Waals surface area contributed by atoms with E-state index in [0.29, 0.717) is 11.5 Å². The molecule has 268 valence electrons. The third kappa shape index (κ3) is 6.84. The second kappa shape index (κ2) is 13.5. The van der Waals surface area contributed by atoms with Crippen LogP contribution in [0.25, 0.3) is 44.2 Å². The summed E-state index contributed by atoms with van der Waals surface area (Å²) in [5, 5.41) is 8.18. The van der Waals surface area contributed by atoms with Crippen molar-refractivity contribution in [2.24, 2.45) is 0 Å². The number of pyridine rings is 1. The number of aromatic nitrogens is 4. The Balaban J connectivity index is 0.00000435. The maximum absolute atomic E-state index is 6.67. The summed E-state index contributed by atoms with van der Waals surface area (Å²) in [4.78, 5) is 4.96. The van der Waals surface area contributed by atoms with E-state index in [4.69, 9.17) is 14.8 Å². The van der Waals surface area contributed by atoms with Gasteiger partial charge in [0.2, 0.25) is 0 Å². The van der Waals surface area contributed by atoms with E-state index in [2.05, 4.69) is 157 Å². The second-order valence-electron chi connectivity index (χ2n) is 16.4. The Kier molecular flexibility index (Phi) is 9.23. The molecule has 0 radical (unpaired) electrons. The van der Waals surface area contributed by atoms with Crippen molar-refractivity contribution < 1.29 is 25.8 Å². The molecule has 53 heavy (non-hydrogen) atoms. The van der Waals surface area contributed by atoms with Crippen LogP contribution in [0.2, 0.25) is 0 Å². The molecule has 0 aliphatic rings. The maximum Gasteiger partial charge on any atom is 2.00 e. The van der Waals surface area contributed by atoms with Gasteiger partial charge in [-0.15, -0.1) is 41.3 Å². The van der Waals surface area contributed by atoms with Crippen molar-refractivity contribution in [2.45, 2.75) is 71.6 Å². The van der Waals surface area contributed by atoms with Crippen LogP contribution >= 0.6 is 0 Å². The minimum Gasteiger partial charge on any atom is -0.509 e. The first-order chi connectivity index (χ1) is 24.8. The van der Waals surface area contributed by atoms with Crippen LogP contribution in [0.5, 0.6) is 11.5 Å². The number of nitrogens with zero attached hydrogens (tertiary/aromatic N) is 4. The van der Waals surface area contributed by atoms with Crippen molar-refractivity contribution >= 4 is 32.7 Å². The molecule has 0 N–H and O–H groups in total. The van der Waals surface area contributed by atoms with Crippen molar-refractivity contribution in [1.29, 1.82) is 0 Å². The predicted molar refractivity (Wildman–Crippen MR) is 213 cm³/mol. The van der Waals surface area contributed by atoms with Gasteiger partial charge in [-0.25, -0.2) is 4.98 Å². The zero-order valence-electron chi connectivity index (χ0n) is 31.6. The van der Waals surface area contributed by atoms with Gasteiger partial charge in [0.05, 0.1) is 5.52 Å². The van der Waals surface area contributed by atoms with Gasteiger partial charge in [-0.3, -0.25) is 4.68 Å². The van der Waals surface area contributed by atoms with Gasteiger partial charge in [-0.1, -0.05) is 122 Å². The predicted octanol–water partition coefficient (Wildman–Crippen LogP) is 11.8. The zero-order valence-corrected chi connectivity index (χ0v) is 33.8. The summed E-state index contributed by atoms with van der Waals surface area (Å²) < 4.78 is 10.8. The molecule has 0 spiro atoms. The summed E-state index contributed by atoms with van der Waals surface area (Å²) in [5.41, 5.74) is 8.24. The smallest absolute Gasteiger partial charge is 0.509 e. The van der Waals surface area contributed by atoms with Gasteiger partial charge >= 0.3 is 21.1 Å². The van der Waals surface area contributed by atoms with E-state index >= 15 is 0 Å². The molecule has 0 saturated heterocycles.